The Balaban J connectivity index is 0.00000338. The number of likely N-dealkylation sites (N-methyl/N-ethyl adjacent to an activating group) is 1. The maximum Gasteiger partial charge on any atom is 0.257 e. The number of amides is 2. The topological polar surface area (TPSA) is 93.9 Å². The zero-order chi connectivity index (χ0) is 18.6. The van der Waals surface area contributed by atoms with Crippen LogP contribution in [-0.2, 0) is 4.79 Å². The van der Waals surface area contributed by atoms with Crippen molar-refractivity contribution in [3.63, 3.8) is 0 Å². The molecule has 1 fully saturated rings. The van der Waals surface area contributed by atoms with Gasteiger partial charge in [0.25, 0.3) is 11.8 Å². The molecule has 2 rings (SSSR count). The number of hydrogen-bond donors (Lipinski definition) is 2. The van der Waals surface area contributed by atoms with E-state index in [2.05, 4.69) is 19.2 Å². The fourth-order valence-corrected chi connectivity index (χ4v) is 2.87. The van der Waals surface area contributed by atoms with E-state index in [1.165, 1.54) is 14.2 Å². The van der Waals surface area contributed by atoms with Gasteiger partial charge in [-0.05, 0) is 30.0 Å². The summed E-state index contributed by atoms with van der Waals surface area (Å²) in [6.07, 6.45) is 0.781. The van der Waals surface area contributed by atoms with Crippen molar-refractivity contribution >= 4 is 24.2 Å². The molecular formula is C18H28ClN3O4. The summed E-state index contributed by atoms with van der Waals surface area (Å²) in [6.45, 7) is 5.30. The first-order chi connectivity index (χ1) is 11.8. The highest BCUT2D eigenvalue weighted by Gasteiger charge is 2.35. The van der Waals surface area contributed by atoms with E-state index in [1.54, 1.807) is 18.2 Å². The van der Waals surface area contributed by atoms with Crippen molar-refractivity contribution in [2.24, 2.45) is 11.1 Å². The molecule has 1 aliphatic rings. The lowest BCUT2D eigenvalue weighted by Gasteiger charge is -2.42. The lowest BCUT2D eigenvalue weighted by Crippen LogP contribution is -2.54. The lowest BCUT2D eigenvalue weighted by molar-refractivity contribution is -0.122. The van der Waals surface area contributed by atoms with Gasteiger partial charge in [0.15, 0.2) is 18.1 Å². The Bertz CT molecular complexity index is 651. The second-order valence-electron chi connectivity index (χ2n) is 6.94. The Labute approximate surface area is 160 Å². The molecule has 0 aromatic heterocycles. The highest BCUT2D eigenvalue weighted by molar-refractivity contribution is 5.95. The summed E-state index contributed by atoms with van der Waals surface area (Å²) in [6, 6.07) is 5.07. The van der Waals surface area contributed by atoms with Crippen LogP contribution in [0.15, 0.2) is 18.2 Å². The Morgan fingerprint density at radius 3 is 2.62 bits per heavy atom. The van der Waals surface area contributed by atoms with Gasteiger partial charge in [0, 0.05) is 31.7 Å². The molecular weight excluding hydrogens is 358 g/mol. The van der Waals surface area contributed by atoms with Gasteiger partial charge in [0.1, 0.15) is 0 Å². The molecule has 1 aromatic carbocycles. The maximum atomic E-state index is 12.8. The van der Waals surface area contributed by atoms with Crippen molar-refractivity contribution < 1.29 is 19.1 Å². The number of likely N-dealkylation sites (tertiary alicyclic amines) is 1. The highest BCUT2D eigenvalue weighted by Crippen LogP contribution is 2.31. The predicted octanol–water partition coefficient (Wildman–Crippen LogP) is 1.44. The van der Waals surface area contributed by atoms with E-state index in [-0.39, 0.29) is 42.3 Å². The first-order valence-electron chi connectivity index (χ1n) is 8.34. The van der Waals surface area contributed by atoms with Crippen LogP contribution >= 0.6 is 12.4 Å². The zero-order valence-electron chi connectivity index (χ0n) is 15.7. The number of halogens is 1. The van der Waals surface area contributed by atoms with E-state index >= 15 is 0 Å². The first-order valence-corrected chi connectivity index (χ1v) is 8.34. The predicted molar refractivity (Wildman–Crippen MR) is 102 cm³/mol. The number of methoxy groups -OCH3 is 1. The van der Waals surface area contributed by atoms with Crippen LogP contribution in [0.2, 0.25) is 0 Å². The largest absolute Gasteiger partial charge is 0.493 e. The molecule has 8 heteroatoms. The molecule has 146 valence electrons. The second-order valence-corrected chi connectivity index (χ2v) is 6.94. The summed E-state index contributed by atoms with van der Waals surface area (Å²) in [7, 11) is 3.04. The number of ether oxygens (including phenoxy) is 2. The molecule has 0 aliphatic carbocycles. The molecule has 1 saturated heterocycles. The normalized spacial score (nSPS) is 18.5. The van der Waals surface area contributed by atoms with Gasteiger partial charge in [-0.3, -0.25) is 9.59 Å². The number of hydrogen-bond acceptors (Lipinski definition) is 5. The minimum atomic E-state index is -0.242. The summed E-state index contributed by atoms with van der Waals surface area (Å²) >= 11 is 0. The van der Waals surface area contributed by atoms with Crippen molar-refractivity contribution in [1.29, 1.82) is 0 Å². The van der Waals surface area contributed by atoms with E-state index in [4.69, 9.17) is 15.2 Å². The standard InChI is InChI=1S/C18H27N3O4.ClH/c1-18(2)11-21(8-7-15(18)19)17(23)12-5-6-13(14(9-12)24-4)25-10-16(22)20-3;/h5-6,9,15H,7-8,10-11,19H2,1-4H3,(H,20,22);1H. The van der Waals surface area contributed by atoms with Crippen LogP contribution in [-0.4, -0.2) is 56.6 Å². The van der Waals surface area contributed by atoms with Crippen LogP contribution in [0.3, 0.4) is 0 Å². The minimum absolute atomic E-state index is 0. The minimum Gasteiger partial charge on any atom is -0.493 e. The van der Waals surface area contributed by atoms with Crippen molar-refractivity contribution in [3.8, 4) is 11.5 Å². The Morgan fingerprint density at radius 1 is 1.35 bits per heavy atom. The molecule has 1 aromatic rings. The third-order valence-corrected chi connectivity index (χ3v) is 4.65. The van der Waals surface area contributed by atoms with E-state index in [0.29, 0.717) is 30.2 Å². The molecule has 0 saturated carbocycles. The zero-order valence-corrected chi connectivity index (χ0v) is 16.5. The Morgan fingerprint density at radius 2 is 2.04 bits per heavy atom. The molecule has 0 radical (unpaired) electrons. The molecule has 0 spiro atoms. The molecule has 2 amide bonds. The Hall–Kier alpha value is -1.99. The average molecular weight is 386 g/mol. The third-order valence-electron chi connectivity index (χ3n) is 4.65. The summed E-state index contributed by atoms with van der Waals surface area (Å²) in [4.78, 5) is 25.9. The molecule has 1 unspecified atom stereocenters. The van der Waals surface area contributed by atoms with Gasteiger partial charge < -0.3 is 25.4 Å². The van der Waals surface area contributed by atoms with Crippen LogP contribution in [0.5, 0.6) is 11.5 Å². The second kappa shape index (κ2) is 9.09. The Kier molecular flexibility index (Phi) is 7.71. The van der Waals surface area contributed by atoms with Gasteiger partial charge in [-0.1, -0.05) is 13.8 Å². The van der Waals surface area contributed by atoms with Gasteiger partial charge >= 0.3 is 0 Å². The number of nitrogens with one attached hydrogen (secondary N) is 1. The van der Waals surface area contributed by atoms with Crippen molar-refractivity contribution in [3.05, 3.63) is 23.8 Å². The summed E-state index contributed by atoms with van der Waals surface area (Å²) < 4.78 is 10.7. The number of nitrogens with two attached hydrogens (primary N) is 1. The van der Waals surface area contributed by atoms with Crippen molar-refractivity contribution in [2.75, 3.05) is 33.9 Å². The molecule has 1 aliphatic heterocycles. The summed E-state index contributed by atoms with van der Waals surface area (Å²) in [5.41, 5.74) is 6.55. The van der Waals surface area contributed by atoms with Crippen LogP contribution in [0.25, 0.3) is 0 Å². The summed E-state index contributed by atoms with van der Waals surface area (Å²) in [5, 5.41) is 2.48. The molecule has 3 N–H and O–H groups in total. The molecule has 7 nitrogen and oxygen atoms in total. The third kappa shape index (κ3) is 5.02. The number of carbonyl (C=O) groups is 2. The smallest absolute Gasteiger partial charge is 0.257 e. The maximum absolute atomic E-state index is 12.8. The van der Waals surface area contributed by atoms with Gasteiger partial charge in [0.2, 0.25) is 0 Å². The van der Waals surface area contributed by atoms with Gasteiger partial charge in [-0.15, -0.1) is 12.4 Å². The molecule has 1 atom stereocenters. The molecule has 26 heavy (non-hydrogen) atoms. The van der Waals surface area contributed by atoms with Crippen LogP contribution in [0, 0.1) is 5.41 Å². The van der Waals surface area contributed by atoms with E-state index in [0.717, 1.165) is 6.42 Å². The SMILES string of the molecule is CNC(=O)COc1ccc(C(=O)N2CCC(N)C(C)(C)C2)cc1OC.Cl. The number of carbonyl (C=O) groups excluding carboxylic acids is 2. The van der Waals surface area contributed by atoms with E-state index in [1.807, 2.05) is 4.90 Å². The van der Waals surface area contributed by atoms with Crippen LogP contribution < -0.4 is 20.5 Å². The highest BCUT2D eigenvalue weighted by atomic mass is 35.5. The summed E-state index contributed by atoms with van der Waals surface area (Å²) in [5.74, 6) is 0.539. The first kappa shape index (κ1) is 22.1. The monoisotopic (exact) mass is 385 g/mol. The number of benzene rings is 1. The van der Waals surface area contributed by atoms with Gasteiger partial charge in [-0.2, -0.15) is 0 Å². The van der Waals surface area contributed by atoms with Crippen molar-refractivity contribution in [2.45, 2.75) is 26.3 Å². The van der Waals surface area contributed by atoms with Gasteiger partial charge in [-0.25, -0.2) is 0 Å². The van der Waals surface area contributed by atoms with E-state index < -0.39 is 0 Å². The fourth-order valence-electron chi connectivity index (χ4n) is 2.87. The molecule has 0 bridgehead atoms. The fraction of sp³-hybridized carbons (Fsp3) is 0.556. The van der Waals surface area contributed by atoms with Gasteiger partial charge in [0.05, 0.1) is 7.11 Å². The van der Waals surface area contributed by atoms with Crippen LogP contribution in [0.1, 0.15) is 30.6 Å². The van der Waals surface area contributed by atoms with Crippen LogP contribution in [0.4, 0.5) is 0 Å². The number of piperidine rings is 1. The molecule has 1 heterocycles. The number of rotatable bonds is 5. The average Bonchev–Trinajstić information content (AvgIpc) is 2.61. The lowest BCUT2D eigenvalue weighted by atomic mass is 9.79. The number of nitrogens with zero attached hydrogens (tertiary/aromatic N) is 1. The van der Waals surface area contributed by atoms with Crippen molar-refractivity contribution in [1.82, 2.24) is 10.2 Å². The van der Waals surface area contributed by atoms with E-state index in [9.17, 15) is 9.59 Å². The quantitative estimate of drug-likeness (QED) is 0.799.